The Morgan fingerprint density at radius 1 is 1.31 bits per heavy atom. The Morgan fingerprint density at radius 3 is 2.31 bits per heavy atom. The smallest absolute Gasteiger partial charge is 0.133 e. The van der Waals surface area contributed by atoms with Gasteiger partial charge in [-0.1, -0.05) is 13.8 Å². The molecule has 1 saturated heterocycles. The molecule has 1 aliphatic heterocycles. The summed E-state index contributed by atoms with van der Waals surface area (Å²) < 4.78 is 0. The van der Waals surface area contributed by atoms with Crippen LogP contribution in [0.1, 0.15) is 37.1 Å². The molecule has 0 saturated carbocycles. The number of nitrogens with one attached hydrogen (secondary N) is 1. The van der Waals surface area contributed by atoms with Gasteiger partial charge in [0.1, 0.15) is 5.82 Å². The van der Waals surface area contributed by atoms with Crippen LogP contribution in [0.25, 0.3) is 0 Å². The molecule has 1 aromatic heterocycles. The third kappa shape index (κ3) is 1.70. The molecular formula is C10H15N3. The van der Waals surface area contributed by atoms with Crippen LogP contribution in [0.15, 0.2) is 12.4 Å². The minimum absolute atomic E-state index is 0.522. The summed E-state index contributed by atoms with van der Waals surface area (Å²) in [4.78, 5) is 8.74. The summed E-state index contributed by atoms with van der Waals surface area (Å²) in [6, 6.07) is 0. The Hall–Kier alpha value is -0.960. The fourth-order valence-electron chi connectivity index (χ4n) is 1.33. The van der Waals surface area contributed by atoms with Gasteiger partial charge in [0.15, 0.2) is 0 Å². The van der Waals surface area contributed by atoms with Crippen molar-refractivity contribution >= 4 is 0 Å². The lowest BCUT2D eigenvalue weighted by Gasteiger charge is -2.25. The van der Waals surface area contributed by atoms with Crippen LogP contribution in [0, 0.1) is 0 Å². The van der Waals surface area contributed by atoms with Crippen LogP contribution in [-0.2, 0) is 0 Å². The SMILES string of the molecule is CC(C)c1cnc(C2CNC2)nc1. The van der Waals surface area contributed by atoms with E-state index >= 15 is 0 Å². The molecule has 1 fully saturated rings. The maximum atomic E-state index is 4.37. The molecule has 0 amide bonds. The van der Waals surface area contributed by atoms with Crippen LogP contribution in [0.4, 0.5) is 0 Å². The van der Waals surface area contributed by atoms with Gasteiger partial charge in [-0.3, -0.25) is 0 Å². The molecule has 70 valence electrons. The first-order valence-corrected chi connectivity index (χ1v) is 4.80. The Bertz CT molecular complexity index is 275. The molecular weight excluding hydrogens is 162 g/mol. The van der Waals surface area contributed by atoms with E-state index in [0.29, 0.717) is 11.8 Å². The summed E-state index contributed by atoms with van der Waals surface area (Å²) in [6.07, 6.45) is 3.90. The van der Waals surface area contributed by atoms with Crippen molar-refractivity contribution in [3.63, 3.8) is 0 Å². The average molecular weight is 177 g/mol. The van der Waals surface area contributed by atoms with Crippen LogP contribution in [-0.4, -0.2) is 23.1 Å². The lowest BCUT2D eigenvalue weighted by atomic mass is 10.0. The summed E-state index contributed by atoms with van der Waals surface area (Å²) in [6.45, 7) is 6.37. The van der Waals surface area contributed by atoms with Crippen LogP contribution >= 0.6 is 0 Å². The fraction of sp³-hybridized carbons (Fsp3) is 0.600. The molecule has 3 nitrogen and oxygen atoms in total. The van der Waals surface area contributed by atoms with Crippen molar-refractivity contribution in [2.24, 2.45) is 0 Å². The largest absolute Gasteiger partial charge is 0.315 e. The van der Waals surface area contributed by atoms with E-state index in [1.807, 2.05) is 12.4 Å². The first-order chi connectivity index (χ1) is 6.27. The lowest BCUT2D eigenvalue weighted by molar-refractivity contribution is 0.429. The predicted molar refractivity (Wildman–Crippen MR) is 51.7 cm³/mol. The number of hydrogen-bond donors (Lipinski definition) is 1. The highest BCUT2D eigenvalue weighted by molar-refractivity contribution is 5.12. The van der Waals surface area contributed by atoms with Gasteiger partial charge in [0.2, 0.25) is 0 Å². The summed E-state index contributed by atoms with van der Waals surface area (Å²) in [5.41, 5.74) is 1.22. The number of hydrogen-bond acceptors (Lipinski definition) is 3. The highest BCUT2D eigenvalue weighted by atomic mass is 15.0. The van der Waals surface area contributed by atoms with Crippen molar-refractivity contribution in [1.82, 2.24) is 15.3 Å². The van der Waals surface area contributed by atoms with E-state index in [0.717, 1.165) is 18.9 Å². The zero-order chi connectivity index (χ0) is 9.26. The van der Waals surface area contributed by atoms with Gasteiger partial charge in [-0.2, -0.15) is 0 Å². The molecule has 1 aromatic rings. The van der Waals surface area contributed by atoms with Crippen molar-refractivity contribution in [2.75, 3.05) is 13.1 Å². The maximum Gasteiger partial charge on any atom is 0.133 e. The van der Waals surface area contributed by atoms with Gasteiger partial charge in [-0.05, 0) is 11.5 Å². The standard InChI is InChI=1S/C10H15N3/c1-7(2)8-5-12-10(13-6-8)9-3-11-4-9/h5-7,9,11H,3-4H2,1-2H3. The Labute approximate surface area is 78.6 Å². The quantitative estimate of drug-likeness (QED) is 0.739. The highest BCUT2D eigenvalue weighted by Crippen LogP contribution is 2.17. The molecule has 0 atom stereocenters. The van der Waals surface area contributed by atoms with Gasteiger partial charge >= 0.3 is 0 Å². The van der Waals surface area contributed by atoms with Gasteiger partial charge in [0, 0.05) is 31.4 Å². The van der Waals surface area contributed by atoms with Crippen molar-refractivity contribution in [3.8, 4) is 0 Å². The van der Waals surface area contributed by atoms with Crippen molar-refractivity contribution in [2.45, 2.75) is 25.7 Å². The summed E-state index contributed by atoms with van der Waals surface area (Å²) in [7, 11) is 0. The minimum atomic E-state index is 0.522. The monoisotopic (exact) mass is 177 g/mol. The zero-order valence-electron chi connectivity index (χ0n) is 8.12. The van der Waals surface area contributed by atoms with E-state index in [1.54, 1.807) is 0 Å². The molecule has 0 radical (unpaired) electrons. The van der Waals surface area contributed by atoms with E-state index in [4.69, 9.17) is 0 Å². The summed E-state index contributed by atoms with van der Waals surface area (Å²) in [5, 5.41) is 3.22. The second-order valence-electron chi connectivity index (χ2n) is 3.88. The average Bonchev–Trinajstić information content (AvgIpc) is 2.02. The zero-order valence-corrected chi connectivity index (χ0v) is 8.12. The molecule has 2 rings (SSSR count). The van der Waals surface area contributed by atoms with Crippen molar-refractivity contribution in [3.05, 3.63) is 23.8 Å². The van der Waals surface area contributed by atoms with Crippen molar-refractivity contribution in [1.29, 1.82) is 0 Å². The first-order valence-electron chi connectivity index (χ1n) is 4.80. The van der Waals surface area contributed by atoms with Gasteiger partial charge < -0.3 is 5.32 Å². The second kappa shape index (κ2) is 3.42. The highest BCUT2D eigenvalue weighted by Gasteiger charge is 2.21. The molecule has 3 heteroatoms. The number of rotatable bonds is 2. The Morgan fingerprint density at radius 2 is 1.92 bits per heavy atom. The number of nitrogens with zero attached hydrogens (tertiary/aromatic N) is 2. The van der Waals surface area contributed by atoms with Gasteiger partial charge in [-0.15, -0.1) is 0 Å². The van der Waals surface area contributed by atoms with Crippen LogP contribution in [0.5, 0.6) is 0 Å². The first kappa shape index (κ1) is 8.63. The Balaban J connectivity index is 2.13. The predicted octanol–water partition coefficient (Wildman–Crippen LogP) is 1.29. The maximum absolute atomic E-state index is 4.37. The molecule has 1 N–H and O–H groups in total. The topological polar surface area (TPSA) is 37.8 Å². The lowest BCUT2D eigenvalue weighted by Crippen LogP contribution is -2.40. The fourth-order valence-corrected chi connectivity index (χ4v) is 1.33. The van der Waals surface area contributed by atoms with E-state index in [2.05, 4.69) is 29.1 Å². The van der Waals surface area contributed by atoms with E-state index in [9.17, 15) is 0 Å². The Kier molecular flexibility index (Phi) is 2.27. The molecule has 13 heavy (non-hydrogen) atoms. The molecule has 0 aromatic carbocycles. The van der Waals surface area contributed by atoms with Crippen LogP contribution in [0.3, 0.4) is 0 Å². The third-order valence-electron chi connectivity index (χ3n) is 2.51. The summed E-state index contributed by atoms with van der Waals surface area (Å²) in [5.74, 6) is 2.05. The van der Waals surface area contributed by atoms with E-state index < -0.39 is 0 Å². The van der Waals surface area contributed by atoms with E-state index in [-0.39, 0.29) is 0 Å². The van der Waals surface area contributed by atoms with Crippen LogP contribution < -0.4 is 5.32 Å². The van der Waals surface area contributed by atoms with Crippen molar-refractivity contribution < 1.29 is 0 Å². The van der Waals surface area contributed by atoms with Gasteiger partial charge in [0.25, 0.3) is 0 Å². The molecule has 1 aliphatic rings. The number of aromatic nitrogens is 2. The molecule has 0 aliphatic carbocycles. The summed E-state index contributed by atoms with van der Waals surface area (Å²) >= 11 is 0. The molecule has 2 heterocycles. The molecule has 0 spiro atoms. The molecule has 0 unspecified atom stereocenters. The van der Waals surface area contributed by atoms with Crippen LogP contribution in [0.2, 0.25) is 0 Å². The minimum Gasteiger partial charge on any atom is -0.315 e. The molecule has 0 bridgehead atoms. The van der Waals surface area contributed by atoms with Gasteiger partial charge in [-0.25, -0.2) is 9.97 Å². The normalized spacial score (nSPS) is 17.5. The van der Waals surface area contributed by atoms with Gasteiger partial charge in [0.05, 0.1) is 0 Å². The third-order valence-corrected chi connectivity index (χ3v) is 2.51. The van der Waals surface area contributed by atoms with E-state index in [1.165, 1.54) is 5.56 Å². The second-order valence-corrected chi connectivity index (χ2v) is 3.88.